The van der Waals surface area contributed by atoms with Crippen LogP contribution in [0.2, 0.25) is 0 Å². The summed E-state index contributed by atoms with van der Waals surface area (Å²) < 4.78 is 0. The highest BCUT2D eigenvalue weighted by atomic mass is 16.3. The minimum Gasteiger partial charge on any atom is -0.508 e. The van der Waals surface area contributed by atoms with Gasteiger partial charge in [-0.3, -0.25) is 0 Å². The molecule has 1 fully saturated rings. The molecule has 0 unspecified atom stereocenters. The monoisotopic (exact) mass is 294 g/mol. The summed E-state index contributed by atoms with van der Waals surface area (Å²) in [7, 11) is 0. The minimum absolute atomic E-state index is 0.0485. The van der Waals surface area contributed by atoms with E-state index in [-0.39, 0.29) is 5.41 Å². The Kier molecular flexibility index (Phi) is 3.99. The molecule has 2 aromatic rings. The Morgan fingerprint density at radius 2 is 1.64 bits per heavy atom. The Morgan fingerprint density at radius 3 is 2.32 bits per heavy atom. The van der Waals surface area contributed by atoms with Crippen LogP contribution in [-0.2, 0) is 5.41 Å². The van der Waals surface area contributed by atoms with Crippen LogP contribution in [-0.4, -0.2) is 5.11 Å². The summed E-state index contributed by atoms with van der Waals surface area (Å²) in [5.74, 6) is 1.00. The first-order valence-electron chi connectivity index (χ1n) is 8.39. The van der Waals surface area contributed by atoms with Crippen molar-refractivity contribution in [1.82, 2.24) is 0 Å². The number of aromatic hydroxyl groups is 1. The largest absolute Gasteiger partial charge is 0.508 e. The molecule has 1 nitrogen and oxygen atoms in total. The molecule has 22 heavy (non-hydrogen) atoms. The lowest BCUT2D eigenvalue weighted by Crippen LogP contribution is -2.19. The van der Waals surface area contributed by atoms with Crippen molar-refractivity contribution in [3.05, 3.63) is 64.7 Å². The molecular formula is C21H26O. The molecule has 0 heterocycles. The smallest absolute Gasteiger partial charge is 0.119 e. The molecule has 1 saturated carbocycles. The maximum Gasteiger partial charge on any atom is 0.119 e. The Labute approximate surface area is 134 Å². The van der Waals surface area contributed by atoms with Crippen LogP contribution in [0.4, 0.5) is 0 Å². The van der Waals surface area contributed by atoms with Crippen molar-refractivity contribution in [2.24, 2.45) is 0 Å². The molecule has 1 N–H and O–H groups in total. The van der Waals surface area contributed by atoms with Crippen molar-refractivity contribution in [1.29, 1.82) is 0 Å². The lowest BCUT2D eigenvalue weighted by molar-refractivity contribution is 0.460. The van der Waals surface area contributed by atoms with Crippen LogP contribution in [0.1, 0.15) is 67.7 Å². The normalized spacial score (nSPS) is 16.1. The molecular weight excluding hydrogens is 268 g/mol. The van der Waals surface area contributed by atoms with Crippen LogP contribution in [0.5, 0.6) is 5.75 Å². The van der Waals surface area contributed by atoms with Crippen LogP contribution in [0, 0.1) is 6.92 Å². The summed E-state index contributed by atoms with van der Waals surface area (Å²) in [5.41, 5.74) is 5.01. The SMILES string of the molecule is Cc1cccc(C(C)(C)c2ccc(O)c(C3CCCC3)c2)c1. The summed E-state index contributed by atoms with van der Waals surface area (Å²) in [6, 6.07) is 15.0. The van der Waals surface area contributed by atoms with Crippen molar-refractivity contribution in [3.63, 3.8) is 0 Å². The third kappa shape index (κ3) is 2.77. The highest BCUT2D eigenvalue weighted by Gasteiger charge is 2.26. The number of hydrogen-bond acceptors (Lipinski definition) is 1. The van der Waals surface area contributed by atoms with Crippen molar-refractivity contribution >= 4 is 0 Å². The van der Waals surface area contributed by atoms with E-state index in [0.717, 1.165) is 5.56 Å². The number of hydrogen-bond donors (Lipinski definition) is 1. The first-order valence-corrected chi connectivity index (χ1v) is 8.39. The molecule has 3 rings (SSSR count). The molecule has 0 atom stereocenters. The third-order valence-corrected chi connectivity index (χ3v) is 5.28. The summed E-state index contributed by atoms with van der Waals surface area (Å²) in [6.45, 7) is 6.68. The van der Waals surface area contributed by atoms with Gasteiger partial charge in [0.15, 0.2) is 0 Å². The molecule has 0 saturated heterocycles. The predicted octanol–water partition coefficient (Wildman–Crippen LogP) is 5.68. The third-order valence-electron chi connectivity index (χ3n) is 5.28. The van der Waals surface area contributed by atoms with E-state index < -0.39 is 0 Å². The molecule has 0 amide bonds. The molecule has 1 heteroatoms. The van der Waals surface area contributed by atoms with Gasteiger partial charge in [0.05, 0.1) is 0 Å². The zero-order chi connectivity index (χ0) is 15.7. The summed E-state index contributed by atoms with van der Waals surface area (Å²) in [5, 5.41) is 10.3. The Hall–Kier alpha value is -1.76. The molecule has 1 aliphatic rings. The van der Waals surface area contributed by atoms with Crippen LogP contribution >= 0.6 is 0 Å². The molecule has 2 aromatic carbocycles. The van der Waals surface area contributed by atoms with E-state index in [2.05, 4.69) is 57.2 Å². The van der Waals surface area contributed by atoms with Crippen LogP contribution < -0.4 is 0 Å². The van der Waals surface area contributed by atoms with Gasteiger partial charge in [-0.05, 0) is 48.4 Å². The lowest BCUT2D eigenvalue weighted by Gasteiger charge is -2.28. The Bertz CT molecular complexity index is 663. The van der Waals surface area contributed by atoms with Gasteiger partial charge in [-0.15, -0.1) is 0 Å². The number of phenols is 1. The van der Waals surface area contributed by atoms with Gasteiger partial charge < -0.3 is 5.11 Å². The quantitative estimate of drug-likeness (QED) is 0.771. The average molecular weight is 294 g/mol. The number of benzene rings is 2. The number of rotatable bonds is 3. The molecule has 116 valence electrons. The van der Waals surface area contributed by atoms with Gasteiger partial charge in [-0.1, -0.05) is 68.7 Å². The van der Waals surface area contributed by atoms with Gasteiger partial charge in [0.2, 0.25) is 0 Å². The minimum atomic E-state index is -0.0485. The Morgan fingerprint density at radius 1 is 0.955 bits per heavy atom. The Balaban J connectivity index is 2.01. The van der Waals surface area contributed by atoms with Gasteiger partial charge >= 0.3 is 0 Å². The van der Waals surface area contributed by atoms with Crippen molar-refractivity contribution in [2.45, 2.75) is 57.8 Å². The average Bonchev–Trinajstić information content (AvgIpc) is 3.01. The summed E-state index contributed by atoms with van der Waals surface area (Å²) in [6.07, 6.45) is 5.00. The fourth-order valence-electron chi connectivity index (χ4n) is 3.71. The molecule has 0 aliphatic heterocycles. The van der Waals surface area contributed by atoms with E-state index in [1.165, 1.54) is 42.4 Å². The fourth-order valence-corrected chi connectivity index (χ4v) is 3.71. The molecule has 0 bridgehead atoms. The van der Waals surface area contributed by atoms with Gasteiger partial charge in [0.25, 0.3) is 0 Å². The highest BCUT2D eigenvalue weighted by Crippen LogP contribution is 2.41. The van der Waals surface area contributed by atoms with E-state index >= 15 is 0 Å². The maximum absolute atomic E-state index is 10.3. The van der Waals surface area contributed by atoms with E-state index in [4.69, 9.17) is 0 Å². The van der Waals surface area contributed by atoms with Crippen LogP contribution in [0.25, 0.3) is 0 Å². The van der Waals surface area contributed by atoms with Crippen molar-refractivity contribution < 1.29 is 5.11 Å². The van der Waals surface area contributed by atoms with E-state index in [9.17, 15) is 5.11 Å². The van der Waals surface area contributed by atoms with Crippen LogP contribution in [0.3, 0.4) is 0 Å². The fraction of sp³-hybridized carbons (Fsp3) is 0.429. The zero-order valence-electron chi connectivity index (χ0n) is 13.9. The van der Waals surface area contributed by atoms with E-state index in [1.807, 2.05) is 6.07 Å². The van der Waals surface area contributed by atoms with Gasteiger partial charge in [0, 0.05) is 5.41 Å². The summed E-state index contributed by atoms with van der Waals surface area (Å²) >= 11 is 0. The first kappa shape index (κ1) is 15.1. The predicted molar refractivity (Wildman–Crippen MR) is 92.6 cm³/mol. The summed E-state index contributed by atoms with van der Waals surface area (Å²) in [4.78, 5) is 0. The first-order chi connectivity index (χ1) is 10.5. The zero-order valence-corrected chi connectivity index (χ0v) is 13.9. The molecule has 0 radical (unpaired) electrons. The second-order valence-electron chi connectivity index (χ2n) is 7.25. The highest BCUT2D eigenvalue weighted by molar-refractivity contribution is 5.46. The molecule has 0 spiro atoms. The van der Waals surface area contributed by atoms with Crippen LogP contribution in [0.15, 0.2) is 42.5 Å². The standard InChI is InChI=1S/C21H26O/c1-15-7-6-10-17(13-15)21(2,3)18-11-12-20(22)19(14-18)16-8-4-5-9-16/h6-7,10-14,16,22H,4-5,8-9H2,1-3H3. The topological polar surface area (TPSA) is 20.2 Å². The second-order valence-corrected chi connectivity index (χ2v) is 7.25. The van der Waals surface area contributed by atoms with E-state index in [0.29, 0.717) is 11.7 Å². The second kappa shape index (κ2) is 5.79. The number of aryl methyl sites for hydroxylation is 1. The van der Waals surface area contributed by atoms with Crippen molar-refractivity contribution in [3.8, 4) is 5.75 Å². The molecule has 0 aromatic heterocycles. The van der Waals surface area contributed by atoms with Gasteiger partial charge in [0.1, 0.15) is 5.75 Å². The maximum atomic E-state index is 10.3. The van der Waals surface area contributed by atoms with Crippen molar-refractivity contribution in [2.75, 3.05) is 0 Å². The molecule has 1 aliphatic carbocycles. The van der Waals surface area contributed by atoms with Gasteiger partial charge in [-0.2, -0.15) is 0 Å². The van der Waals surface area contributed by atoms with E-state index in [1.54, 1.807) is 0 Å². The lowest BCUT2D eigenvalue weighted by atomic mass is 9.76. The van der Waals surface area contributed by atoms with Gasteiger partial charge in [-0.25, -0.2) is 0 Å². The number of phenolic OH excluding ortho intramolecular Hbond substituents is 1.